The highest BCUT2D eigenvalue weighted by Crippen LogP contribution is 2.25. The number of amides is 2. The number of aliphatic hydroxyl groups excluding tert-OH is 1. The zero-order chi connectivity index (χ0) is 11.5. The van der Waals surface area contributed by atoms with Crippen LogP contribution < -0.4 is 5.32 Å². The molecular weight excluding hydrogens is 206 g/mol. The van der Waals surface area contributed by atoms with E-state index in [0.717, 1.165) is 11.1 Å². The summed E-state index contributed by atoms with van der Waals surface area (Å²) in [4.78, 5) is 22.6. The van der Waals surface area contributed by atoms with E-state index in [-0.39, 0.29) is 24.3 Å². The van der Waals surface area contributed by atoms with Crippen molar-refractivity contribution in [1.82, 2.24) is 5.32 Å². The molecule has 1 aliphatic rings. The second kappa shape index (κ2) is 4.45. The fourth-order valence-electron chi connectivity index (χ4n) is 1.92. The van der Waals surface area contributed by atoms with E-state index in [1.54, 1.807) is 12.1 Å². The first-order chi connectivity index (χ1) is 7.70. The Kier molecular flexibility index (Phi) is 3.01. The molecule has 1 aromatic rings. The summed E-state index contributed by atoms with van der Waals surface area (Å²) in [5.74, 6) is -0.727. The standard InChI is InChI=1S/C12H13NO3/c14-7-8-2-1-3-9(6-8)10-4-5-11(15)13-12(10)16/h1-3,6,10,14H,4-5,7H2,(H,13,15,16). The largest absolute Gasteiger partial charge is 0.392 e. The Hall–Kier alpha value is -1.68. The predicted molar refractivity (Wildman–Crippen MR) is 57.5 cm³/mol. The van der Waals surface area contributed by atoms with Gasteiger partial charge in [-0.2, -0.15) is 0 Å². The van der Waals surface area contributed by atoms with E-state index < -0.39 is 0 Å². The summed E-state index contributed by atoms with van der Waals surface area (Å²) in [7, 11) is 0. The van der Waals surface area contributed by atoms with Gasteiger partial charge in [-0.05, 0) is 17.5 Å². The van der Waals surface area contributed by atoms with Crippen molar-refractivity contribution in [1.29, 1.82) is 0 Å². The molecule has 16 heavy (non-hydrogen) atoms. The Bertz CT molecular complexity index is 428. The number of aliphatic hydroxyl groups is 1. The van der Waals surface area contributed by atoms with E-state index in [1.165, 1.54) is 0 Å². The van der Waals surface area contributed by atoms with Crippen molar-refractivity contribution in [2.75, 3.05) is 0 Å². The fraction of sp³-hybridized carbons (Fsp3) is 0.333. The van der Waals surface area contributed by atoms with Gasteiger partial charge in [0.2, 0.25) is 11.8 Å². The molecule has 1 fully saturated rings. The minimum Gasteiger partial charge on any atom is -0.392 e. The Labute approximate surface area is 93.3 Å². The third-order valence-corrected chi connectivity index (χ3v) is 2.78. The van der Waals surface area contributed by atoms with Crippen molar-refractivity contribution in [2.24, 2.45) is 0 Å². The lowest BCUT2D eigenvalue weighted by atomic mass is 9.90. The third kappa shape index (κ3) is 2.12. The number of imide groups is 1. The zero-order valence-corrected chi connectivity index (χ0v) is 8.77. The summed E-state index contributed by atoms with van der Waals surface area (Å²) in [6, 6.07) is 7.26. The molecule has 0 aliphatic carbocycles. The molecule has 1 heterocycles. The molecule has 0 aromatic heterocycles. The van der Waals surface area contributed by atoms with Crippen LogP contribution in [0.25, 0.3) is 0 Å². The number of rotatable bonds is 2. The van der Waals surface area contributed by atoms with Crippen LogP contribution in [-0.2, 0) is 16.2 Å². The molecule has 0 bridgehead atoms. The topological polar surface area (TPSA) is 66.4 Å². The van der Waals surface area contributed by atoms with Crippen LogP contribution in [0.3, 0.4) is 0 Å². The van der Waals surface area contributed by atoms with Gasteiger partial charge in [0.15, 0.2) is 0 Å². The number of benzene rings is 1. The average Bonchev–Trinajstić information content (AvgIpc) is 2.29. The quantitative estimate of drug-likeness (QED) is 0.719. The first kappa shape index (κ1) is 10.8. The van der Waals surface area contributed by atoms with E-state index in [9.17, 15) is 9.59 Å². The zero-order valence-electron chi connectivity index (χ0n) is 8.77. The maximum Gasteiger partial charge on any atom is 0.234 e. The highest BCUT2D eigenvalue weighted by Gasteiger charge is 2.27. The molecule has 1 unspecified atom stereocenters. The van der Waals surface area contributed by atoms with Gasteiger partial charge in [-0.1, -0.05) is 24.3 Å². The van der Waals surface area contributed by atoms with Crippen LogP contribution in [0.4, 0.5) is 0 Å². The minimum absolute atomic E-state index is 0.0406. The van der Waals surface area contributed by atoms with Crippen LogP contribution in [0.1, 0.15) is 29.9 Å². The molecule has 2 N–H and O–H groups in total. The van der Waals surface area contributed by atoms with Gasteiger partial charge in [0.05, 0.1) is 12.5 Å². The first-order valence-electron chi connectivity index (χ1n) is 5.24. The number of nitrogens with one attached hydrogen (secondary N) is 1. The lowest BCUT2D eigenvalue weighted by Crippen LogP contribution is -2.39. The first-order valence-corrected chi connectivity index (χ1v) is 5.24. The Balaban J connectivity index is 2.23. The van der Waals surface area contributed by atoms with Crippen molar-refractivity contribution in [3.8, 4) is 0 Å². The molecule has 1 aromatic carbocycles. The highest BCUT2D eigenvalue weighted by atomic mass is 16.3. The maximum absolute atomic E-state index is 11.6. The monoisotopic (exact) mass is 219 g/mol. The van der Waals surface area contributed by atoms with Crippen LogP contribution in [-0.4, -0.2) is 16.9 Å². The summed E-state index contributed by atoms with van der Waals surface area (Å²) in [6.07, 6.45) is 0.916. The molecule has 1 aliphatic heterocycles. The molecule has 0 radical (unpaired) electrons. The van der Waals surface area contributed by atoms with Crippen molar-refractivity contribution >= 4 is 11.8 Å². The van der Waals surface area contributed by atoms with Crippen molar-refractivity contribution in [3.05, 3.63) is 35.4 Å². The molecule has 84 valence electrons. The van der Waals surface area contributed by atoms with Crippen molar-refractivity contribution in [3.63, 3.8) is 0 Å². The van der Waals surface area contributed by atoms with Gasteiger partial charge >= 0.3 is 0 Å². The van der Waals surface area contributed by atoms with Crippen LogP contribution in [0.5, 0.6) is 0 Å². The fourth-order valence-corrected chi connectivity index (χ4v) is 1.92. The highest BCUT2D eigenvalue weighted by molar-refractivity contribution is 6.00. The second-order valence-corrected chi connectivity index (χ2v) is 3.91. The van der Waals surface area contributed by atoms with Crippen LogP contribution in [0.2, 0.25) is 0 Å². The summed E-state index contributed by atoms with van der Waals surface area (Å²) in [5, 5.41) is 11.3. The molecule has 2 amide bonds. The molecule has 2 rings (SSSR count). The minimum atomic E-state index is -0.274. The van der Waals surface area contributed by atoms with Gasteiger partial charge in [-0.15, -0.1) is 0 Å². The van der Waals surface area contributed by atoms with Crippen LogP contribution in [0, 0.1) is 0 Å². The summed E-state index contributed by atoms with van der Waals surface area (Å²) in [5.41, 5.74) is 1.64. The molecule has 1 saturated heterocycles. The molecule has 1 atom stereocenters. The molecular formula is C12H13NO3. The summed E-state index contributed by atoms with van der Waals surface area (Å²) >= 11 is 0. The van der Waals surface area contributed by atoms with Crippen molar-refractivity contribution in [2.45, 2.75) is 25.4 Å². The number of hydrogen-bond donors (Lipinski definition) is 2. The van der Waals surface area contributed by atoms with Crippen LogP contribution >= 0.6 is 0 Å². The second-order valence-electron chi connectivity index (χ2n) is 3.91. The number of piperidine rings is 1. The normalized spacial score (nSPS) is 20.7. The van der Waals surface area contributed by atoms with Gasteiger partial charge in [0.25, 0.3) is 0 Å². The van der Waals surface area contributed by atoms with E-state index >= 15 is 0 Å². The van der Waals surface area contributed by atoms with E-state index in [2.05, 4.69) is 5.32 Å². The molecule has 0 saturated carbocycles. The van der Waals surface area contributed by atoms with Gasteiger partial charge in [-0.3, -0.25) is 14.9 Å². The summed E-state index contributed by atoms with van der Waals surface area (Å²) < 4.78 is 0. The maximum atomic E-state index is 11.6. The number of hydrogen-bond acceptors (Lipinski definition) is 3. The molecule has 0 spiro atoms. The lowest BCUT2D eigenvalue weighted by molar-refractivity contribution is -0.134. The van der Waals surface area contributed by atoms with E-state index in [0.29, 0.717) is 12.8 Å². The van der Waals surface area contributed by atoms with Gasteiger partial charge in [0.1, 0.15) is 0 Å². The van der Waals surface area contributed by atoms with Gasteiger partial charge in [0, 0.05) is 6.42 Å². The lowest BCUT2D eigenvalue weighted by Gasteiger charge is -2.21. The summed E-state index contributed by atoms with van der Waals surface area (Å²) in [6.45, 7) is -0.0406. The Morgan fingerprint density at radius 1 is 1.38 bits per heavy atom. The predicted octanol–water partition coefficient (Wildman–Crippen LogP) is 0.699. The SMILES string of the molecule is O=C1CCC(c2cccc(CO)c2)C(=O)N1. The van der Waals surface area contributed by atoms with E-state index in [4.69, 9.17) is 5.11 Å². The van der Waals surface area contributed by atoms with Crippen molar-refractivity contribution < 1.29 is 14.7 Å². The Morgan fingerprint density at radius 2 is 2.19 bits per heavy atom. The number of carbonyl (C=O) groups excluding carboxylic acids is 2. The van der Waals surface area contributed by atoms with Gasteiger partial charge < -0.3 is 5.11 Å². The van der Waals surface area contributed by atoms with E-state index in [1.807, 2.05) is 12.1 Å². The number of carbonyl (C=O) groups is 2. The molecule has 4 heteroatoms. The van der Waals surface area contributed by atoms with Gasteiger partial charge in [-0.25, -0.2) is 0 Å². The molecule has 4 nitrogen and oxygen atoms in total. The third-order valence-electron chi connectivity index (χ3n) is 2.78. The Morgan fingerprint density at radius 3 is 2.88 bits per heavy atom. The smallest absolute Gasteiger partial charge is 0.234 e. The average molecular weight is 219 g/mol. The van der Waals surface area contributed by atoms with Crippen LogP contribution in [0.15, 0.2) is 24.3 Å².